The Balaban J connectivity index is 1.79. The SMILES string of the molecule is CC(CC1CC1)Nc1nccc2sccc12. The van der Waals surface area contributed by atoms with Crippen molar-refractivity contribution in [2.75, 3.05) is 5.32 Å². The normalized spacial score (nSPS) is 17.6. The molecular weight excluding hydrogens is 216 g/mol. The molecule has 2 aromatic heterocycles. The van der Waals surface area contributed by atoms with Crippen LogP contribution in [0.5, 0.6) is 0 Å². The maximum Gasteiger partial charge on any atom is 0.134 e. The van der Waals surface area contributed by atoms with Gasteiger partial charge in [0.1, 0.15) is 5.82 Å². The van der Waals surface area contributed by atoms with E-state index in [0.717, 1.165) is 11.7 Å². The predicted octanol–water partition coefficient (Wildman–Crippen LogP) is 3.90. The van der Waals surface area contributed by atoms with E-state index in [2.05, 4.69) is 34.7 Å². The third-order valence-corrected chi connectivity index (χ3v) is 4.03. The van der Waals surface area contributed by atoms with Gasteiger partial charge in [-0.05, 0) is 36.8 Å². The van der Waals surface area contributed by atoms with Crippen LogP contribution in [0.15, 0.2) is 23.7 Å². The molecule has 0 amide bonds. The summed E-state index contributed by atoms with van der Waals surface area (Å²) in [7, 11) is 0. The second-order valence-electron chi connectivity index (χ2n) is 4.72. The largest absolute Gasteiger partial charge is 0.367 e. The van der Waals surface area contributed by atoms with Gasteiger partial charge in [0, 0.05) is 22.3 Å². The second kappa shape index (κ2) is 4.06. The lowest BCUT2D eigenvalue weighted by atomic mass is 10.1. The smallest absolute Gasteiger partial charge is 0.134 e. The minimum absolute atomic E-state index is 0.533. The Morgan fingerprint density at radius 1 is 1.50 bits per heavy atom. The third kappa shape index (κ3) is 2.05. The first-order chi connectivity index (χ1) is 7.83. The summed E-state index contributed by atoms with van der Waals surface area (Å²) in [6.45, 7) is 2.26. The zero-order chi connectivity index (χ0) is 11.0. The van der Waals surface area contributed by atoms with Gasteiger partial charge in [-0.1, -0.05) is 12.8 Å². The zero-order valence-corrected chi connectivity index (χ0v) is 10.3. The molecule has 0 bridgehead atoms. The first-order valence-electron chi connectivity index (χ1n) is 5.91. The summed E-state index contributed by atoms with van der Waals surface area (Å²) in [5.41, 5.74) is 0. The Labute approximate surface area is 99.7 Å². The minimum atomic E-state index is 0.533. The van der Waals surface area contributed by atoms with Gasteiger partial charge in [-0.3, -0.25) is 0 Å². The van der Waals surface area contributed by atoms with E-state index in [-0.39, 0.29) is 0 Å². The average molecular weight is 232 g/mol. The Hall–Kier alpha value is -1.09. The van der Waals surface area contributed by atoms with Gasteiger partial charge in [0.05, 0.1) is 0 Å². The molecule has 0 saturated heterocycles. The molecule has 1 fully saturated rings. The van der Waals surface area contributed by atoms with Crippen LogP contribution in [0.1, 0.15) is 26.2 Å². The number of anilines is 1. The topological polar surface area (TPSA) is 24.9 Å². The number of nitrogens with one attached hydrogen (secondary N) is 1. The van der Waals surface area contributed by atoms with Gasteiger partial charge in [0.25, 0.3) is 0 Å². The van der Waals surface area contributed by atoms with Crippen molar-refractivity contribution in [3.63, 3.8) is 0 Å². The molecule has 3 heteroatoms. The molecule has 3 rings (SSSR count). The summed E-state index contributed by atoms with van der Waals surface area (Å²) in [5.74, 6) is 2.01. The highest BCUT2D eigenvalue weighted by Crippen LogP contribution is 2.34. The minimum Gasteiger partial charge on any atom is -0.367 e. The summed E-state index contributed by atoms with van der Waals surface area (Å²) in [4.78, 5) is 4.44. The summed E-state index contributed by atoms with van der Waals surface area (Å²) in [5, 5.41) is 6.93. The lowest BCUT2D eigenvalue weighted by Crippen LogP contribution is -2.16. The standard InChI is InChI=1S/C13H16N2S/c1-9(8-10-2-3-10)15-13-11-5-7-16-12(11)4-6-14-13/h4-7,9-10H,2-3,8H2,1H3,(H,14,15). The highest BCUT2D eigenvalue weighted by Gasteiger charge is 2.23. The number of thiophene rings is 1. The van der Waals surface area contributed by atoms with E-state index in [4.69, 9.17) is 0 Å². The quantitative estimate of drug-likeness (QED) is 0.865. The summed E-state index contributed by atoms with van der Waals surface area (Å²) >= 11 is 1.77. The Kier molecular flexibility index (Phi) is 2.56. The fourth-order valence-electron chi connectivity index (χ4n) is 2.16. The average Bonchev–Trinajstić information content (AvgIpc) is 2.94. The van der Waals surface area contributed by atoms with Gasteiger partial charge in [0.2, 0.25) is 0 Å². The summed E-state index contributed by atoms with van der Waals surface area (Å²) < 4.78 is 1.32. The van der Waals surface area contributed by atoms with E-state index < -0.39 is 0 Å². The number of hydrogen-bond acceptors (Lipinski definition) is 3. The van der Waals surface area contributed by atoms with Crippen molar-refractivity contribution in [3.8, 4) is 0 Å². The van der Waals surface area contributed by atoms with Gasteiger partial charge in [0.15, 0.2) is 0 Å². The first-order valence-corrected chi connectivity index (χ1v) is 6.79. The van der Waals surface area contributed by atoms with Crippen molar-refractivity contribution in [3.05, 3.63) is 23.7 Å². The number of pyridine rings is 1. The van der Waals surface area contributed by atoms with E-state index in [1.165, 1.54) is 29.3 Å². The zero-order valence-electron chi connectivity index (χ0n) is 9.44. The van der Waals surface area contributed by atoms with E-state index in [1.54, 1.807) is 11.3 Å². The molecule has 2 aromatic rings. The van der Waals surface area contributed by atoms with Crippen LogP contribution >= 0.6 is 11.3 Å². The van der Waals surface area contributed by atoms with E-state index in [9.17, 15) is 0 Å². The molecule has 84 valence electrons. The predicted molar refractivity (Wildman–Crippen MR) is 70.0 cm³/mol. The lowest BCUT2D eigenvalue weighted by Gasteiger charge is -2.14. The van der Waals surface area contributed by atoms with Crippen molar-refractivity contribution in [2.45, 2.75) is 32.2 Å². The highest BCUT2D eigenvalue weighted by molar-refractivity contribution is 7.17. The number of hydrogen-bond donors (Lipinski definition) is 1. The fourth-order valence-corrected chi connectivity index (χ4v) is 2.94. The van der Waals surface area contributed by atoms with Crippen molar-refractivity contribution >= 4 is 27.2 Å². The third-order valence-electron chi connectivity index (χ3n) is 3.15. The van der Waals surface area contributed by atoms with Crippen LogP contribution in [0.25, 0.3) is 10.1 Å². The molecule has 2 heterocycles. The number of nitrogens with zero attached hydrogens (tertiary/aromatic N) is 1. The molecule has 1 aliphatic rings. The molecule has 0 spiro atoms. The Morgan fingerprint density at radius 2 is 2.38 bits per heavy atom. The first kappa shape index (κ1) is 10.1. The van der Waals surface area contributed by atoms with Crippen molar-refractivity contribution in [2.24, 2.45) is 5.92 Å². The number of aromatic nitrogens is 1. The molecule has 1 atom stereocenters. The monoisotopic (exact) mass is 232 g/mol. The van der Waals surface area contributed by atoms with Crippen LogP contribution in [0.4, 0.5) is 5.82 Å². The molecule has 0 aromatic carbocycles. The maximum atomic E-state index is 4.44. The van der Waals surface area contributed by atoms with Crippen LogP contribution < -0.4 is 5.32 Å². The molecule has 1 aliphatic carbocycles. The highest BCUT2D eigenvalue weighted by atomic mass is 32.1. The summed E-state index contributed by atoms with van der Waals surface area (Å²) in [6, 6.07) is 4.76. The van der Waals surface area contributed by atoms with Crippen LogP contribution in [-0.2, 0) is 0 Å². The molecule has 0 radical (unpaired) electrons. The van der Waals surface area contributed by atoms with Gasteiger partial charge in [-0.25, -0.2) is 4.98 Å². The van der Waals surface area contributed by atoms with Crippen molar-refractivity contribution < 1.29 is 0 Å². The van der Waals surface area contributed by atoms with Gasteiger partial charge in [-0.15, -0.1) is 11.3 Å². The fraction of sp³-hybridized carbons (Fsp3) is 0.462. The second-order valence-corrected chi connectivity index (χ2v) is 5.66. The van der Waals surface area contributed by atoms with E-state index >= 15 is 0 Å². The van der Waals surface area contributed by atoms with Gasteiger partial charge < -0.3 is 5.32 Å². The lowest BCUT2D eigenvalue weighted by molar-refractivity contribution is 0.641. The van der Waals surface area contributed by atoms with Crippen molar-refractivity contribution in [1.82, 2.24) is 4.98 Å². The van der Waals surface area contributed by atoms with Crippen molar-refractivity contribution in [1.29, 1.82) is 0 Å². The van der Waals surface area contributed by atoms with Gasteiger partial charge in [-0.2, -0.15) is 0 Å². The van der Waals surface area contributed by atoms with Crippen LogP contribution in [0.3, 0.4) is 0 Å². The van der Waals surface area contributed by atoms with E-state index in [1.807, 2.05) is 6.20 Å². The molecule has 0 aliphatic heterocycles. The molecule has 1 unspecified atom stereocenters. The summed E-state index contributed by atoms with van der Waals surface area (Å²) in [6.07, 6.45) is 6.01. The molecule has 1 N–H and O–H groups in total. The van der Waals surface area contributed by atoms with Gasteiger partial charge >= 0.3 is 0 Å². The molecule has 16 heavy (non-hydrogen) atoms. The molecule has 1 saturated carbocycles. The molecular formula is C13H16N2S. The van der Waals surface area contributed by atoms with Crippen LogP contribution in [0.2, 0.25) is 0 Å². The van der Waals surface area contributed by atoms with Crippen LogP contribution in [-0.4, -0.2) is 11.0 Å². The maximum absolute atomic E-state index is 4.44. The number of rotatable bonds is 4. The van der Waals surface area contributed by atoms with E-state index in [0.29, 0.717) is 6.04 Å². The Bertz CT molecular complexity index is 487. The number of fused-ring (bicyclic) bond motifs is 1. The Morgan fingerprint density at radius 3 is 3.19 bits per heavy atom. The molecule has 2 nitrogen and oxygen atoms in total. The van der Waals surface area contributed by atoms with Crippen LogP contribution in [0, 0.1) is 5.92 Å².